The summed E-state index contributed by atoms with van der Waals surface area (Å²) >= 11 is 0. The molecule has 0 aromatic carbocycles. The summed E-state index contributed by atoms with van der Waals surface area (Å²) < 4.78 is 5.39. The molecule has 2 fully saturated rings. The maximum Gasteiger partial charge on any atom is 0.326 e. The predicted molar refractivity (Wildman–Crippen MR) is 79.7 cm³/mol. The largest absolute Gasteiger partial charge is 0.465 e. The number of carbonyl (C=O) groups is 1. The van der Waals surface area contributed by atoms with Crippen LogP contribution in [0.5, 0.6) is 0 Å². The van der Waals surface area contributed by atoms with E-state index in [0.717, 1.165) is 44.7 Å². The van der Waals surface area contributed by atoms with Gasteiger partial charge >= 0.3 is 5.97 Å². The summed E-state index contributed by atoms with van der Waals surface area (Å²) in [5.74, 6) is 0.802. The fraction of sp³-hybridized carbons (Fsp3) is 0.933. The first-order valence-corrected chi connectivity index (χ1v) is 7.61. The van der Waals surface area contributed by atoms with Crippen molar-refractivity contribution in [1.82, 2.24) is 4.90 Å². The summed E-state index contributed by atoms with van der Waals surface area (Å²) in [6.45, 7) is 6.86. The van der Waals surface area contributed by atoms with Crippen molar-refractivity contribution in [2.75, 3.05) is 19.7 Å². The van der Waals surface area contributed by atoms with Crippen molar-refractivity contribution in [2.45, 2.75) is 64.3 Å². The normalized spacial score (nSPS) is 32.4. The second-order valence-corrected chi connectivity index (χ2v) is 5.98. The highest BCUT2D eigenvalue weighted by Crippen LogP contribution is 2.38. The van der Waals surface area contributed by atoms with Crippen molar-refractivity contribution in [3.63, 3.8) is 0 Å². The van der Waals surface area contributed by atoms with E-state index in [-0.39, 0.29) is 23.9 Å². The molecule has 1 saturated heterocycles. The molecule has 2 rings (SSSR count). The number of rotatable bonds is 3. The van der Waals surface area contributed by atoms with Crippen LogP contribution in [0, 0.1) is 5.92 Å². The van der Waals surface area contributed by atoms with Gasteiger partial charge in [-0.1, -0.05) is 13.3 Å². The molecule has 4 heteroatoms. The van der Waals surface area contributed by atoms with Crippen LogP contribution < -0.4 is 0 Å². The van der Waals surface area contributed by atoms with Crippen molar-refractivity contribution in [3.05, 3.63) is 0 Å². The lowest BCUT2D eigenvalue weighted by molar-refractivity contribution is -0.162. The molecule has 112 valence electrons. The third-order valence-electron chi connectivity index (χ3n) is 4.72. The highest BCUT2D eigenvalue weighted by atomic mass is 35.5. The second kappa shape index (κ2) is 7.49. The van der Waals surface area contributed by atoms with E-state index in [1.54, 1.807) is 0 Å². The minimum absolute atomic E-state index is 0. The lowest BCUT2D eigenvalue weighted by atomic mass is 9.75. The van der Waals surface area contributed by atoms with Gasteiger partial charge in [-0.2, -0.15) is 0 Å². The molecule has 0 bridgehead atoms. The third-order valence-corrected chi connectivity index (χ3v) is 4.72. The van der Waals surface area contributed by atoms with Crippen LogP contribution in [-0.2, 0) is 9.53 Å². The summed E-state index contributed by atoms with van der Waals surface area (Å²) in [6.07, 6.45) is 8.09. The minimum Gasteiger partial charge on any atom is -0.465 e. The highest BCUT2D eigenvalue weighted by molar-refractivity contribution is 5.85. The average Bonchev–Trinajstić information content (AvgIpc) is 2.41. The monoisotopic (exact) mass is 289 g/mol. The Kier molecular flexibility index (Phi) is 6.61. The van der Waals surface area contributed by atoms with Gasteiger partial charge in [0.2, 0.25) is 0 Å². The standard InChI is InChI=1S/C15H27NO2.ClH/c1-3-18-14(17)15(9-7-13(2)8-10-15)16-11-5-4-6-12-16;/h13H,3-12H2,1-2H3;1H. The fourth-order valence-electron chi connectivity index (χ4n) is 3.48. The third kappa shape index (κ3) is 3.63. The van der Waals surface area contributed by atoms with Gasteiger partial charge in [0.15, 0.2) is 0 Å². The number of ether oxygens (including phenoxy) is 1. The van der Waals surface area contributed by atoms with Gasteiger partial charge in [-0.3, -0.25) is 9.69 Å². The fourth-order valence-corrected chi connectivity index (χ4v) is 3.48. The number of halogens is 1. The van der Waals surface area contributed by atoms with Crippen LogP contribution in [0.1, 0.15) is 58.8 Å². The number of nitrogens with zero attached hydrogens (tertiary/aromatic N) is 1. The van der Waals surface area contributed by atoms with Crippen LogP contribution >= 0.6 is 12.4 Å². The maximum absolute atomic E-state index is 12.5. The molecular weight excluding hydrogens is 262 g/mol. The summed E-state index contributed by atoms with van der Waals surface area (Å²) in [6, 6.07) is 0. The molecule has 0 atom stereocenters. The summed E-state index contributed by atoms with van der Waals surface area (Å²) in [7, 11) is 0. The number of esters is 1. The Morgan fingerprint density at radius 1 is 1.21 bits per heavy atom. The zero-order valence-electron chi connectivity index (χ0n) is 12.3. The molecule has 1 saturated carbocycles. The molecule has 2 aliphatic rings. The van der Waals surface area contributed by atoms with E-state index in [2.05, 4.69) is 11.8 Å². The number of hydrogen-bond donors (Lipinski definition) is 0. The van der Waals surface area contributed by atoms with Crippen LogP contribution in [0.3, 0.4) is 0 Å². The quantitative estimate of drug-likeness (QED) is 0.746. The van der Waals surface area contributed by atoms with Gasteiger partial charge in [0, 0.05) is 0 Å². The minimum atomic E-state index is -0.289. The number of piperidine rings is 1. The Hall–Kier alpha value is -0.280. The predicted octanol–water partition coefficient (Wildman–Crippen LogP) is 3.41. The van der Waals surface area contributed by atoms with Gasteiger partial charge < -0.3 is 4.74 Å². The first-order valence-electron chi connectivity index (χ1n) is 7.61. The van der Waals surface area contributed by atoms with E-state index in [1.807, 2.05) is 6.92 Å². The molecule has 0 unspecified atom stereocenters. The number of carbonyl (C=O) groups excluding carboxylic acids is 1. The van der Waals surface area contributed by atoms with Crippen molar-refractivity contribution >= 4 is 18.4 Å². The van der Waals surface area contributed by atoms with Gasteiger partial charge in [-0.05, 0) is 64.5 Å². The van der Waals surface area contributed by atoms with Gasteiger partial charge in [-0.15, -0.1) is 12.4 Å². The number of hydrogen-bond acceptors (Lipinski definition) is 3. The second-order valence-electron chi connectivity index (χ2n) is 5.98. The molecule has 19 heavy (non-hydrogen) atoms. The summed E-state index contributed by atoms with van der Waals surface area (Å²) in [5, 5.41) is 0. The van der Waals surface area contributed by atoms with Gasteiger partial charge in [0.1, 0.15) is 5.54 Å². The van der Waals surface area contributed by atoms with E-state index in [1.165, 1.54) is 19.3 Å². The van der Waals surface area contributed by atoms with Crippen molar-refractivity contribution in [1.29, 1.82) is 0 Å². The topological polar surface area (TPSA) is 29.5 Å². The highest BCUT2D eigenvalue weighted by Gasteiger charge is 2.47. The summed E-state index contributed by atoms with van der Waals surface area (Å²) in [5.41, 5.74) is -0.289. The van der Waals surface area contributed by atoms with E-state index in [0.29, 0.717) is 6.61 Å². The lowest BCUT2D eigenvalue weighted by Gasteiger charge is -2.47. The van der Waals surface area contributed by atoms with Crippen molar-refractivity contribution in [2.24, 2.45) is 5.92 Å². The molecule has 0 radical (unpaired) electrons. The van der Waals surface area contributed by atoms with Crippen LogP contribution in [0.2, 0.25) is 0 Å². The molecule has 1 heterocycles. The Bertz CT molecular complexity index is 282. The molecule has 0 spiro atoms. The van der Waals surface area contributed by atoms with Crippen LogP contribution in [0.15, 0.2) is 0 Å². The zero-order valence-corrected chi connectivity index (χ0v) is 13.1. The SMILES string of the molecule is CCOC(=O)C1(N2CCCCC2)CCC(C)CC1.Cl. The Balaban J connectivity index is 0.00000180. The van der Waals surface area contributed by atoms with Crippen LogP contribution in [0.4, 0.5) is 0 Å². The van der Waals surface area contributed by atoms with Crippen molar-refractivity contribution in [3.8, 4) is 0 Å². The van der Waals surface area contributed by atoms with Gasteiger partial charge in [0.05, 0.1) is 6.61 Å². The zero-order chi connectivity index (χ0) is 13.0. The first-order chi connectivity index (χ1) is 8.69. The Morgan fingerprint density at radius 2 is 1.79 bits per heavy atom. The molecule has 0 N–H and O–H groups in total. The van der Waals surface area contributed by atoms with Crippen molar-refractivity contribution < 1.29 is 9.53 Å². The Labute approximate surface area is 123 Å². The van der Waals surface area contributed by atoms with E-state index in [4.69, 9.17) is 4.74 Å². The molecule has 3 nitrogen and oxygen atoms in total. The van der Waals surface area contributed by atoms with Crippen LogP contribution in [-0.4, -0.2) is 36.1 Å². The molecule has 0 amide bonds. The first kappa shape index (κ1) is 16.8. The van der Waals surface area contributed by atoms with E-state index in [9.17, 15) is 4.79 Å². The molecular formula is C15H28ClNO2. The smallest absolute Gasteiger partial charge is 0.326 e. The average molecular weight is 290 g/mol. The number of likely N-dealkylation sites (tertiary alicyclic amines) is 1. The molecule has 1 aliphatic carbocycles. The molecule has 1 aliphatic heterocycles. The maximum atomic E-state index is 12.5. The van der Waals surface area contributed by atoms with Gasteiger partial charge in [-0.25, -0.2) is 0 Å². The molecule has 0 aromatic rings. The summed E-state index contributed by atoms with van der Waals surface area (Å²) in [4.78, 5) is 14.9. The van der Waals surface area contributed by atoms with Gasteiger partial charge in [0.25, 0.3) is 0 Å². The van der Waals surface area contributed by atoms with E-state index < -0.39 is 0 Å². The van der Waals surface area contributed by atoms with Crippen LogP contribution in [0.25, 0.3) is 0 Å². The van der Waals surface area contributed by atoms with E-state index >= 15 is 0 Å². The molecule has 0 aromatic heterocycles. The lowest BCUT2D eigenvalue weighted by Crippen LogP contribution is -2.58. The Morgan fingerprint density at radius 3 is 2.32 bits per heavy atom.